The van der Waals surface area contributed by atoms with Gasteiger partial charge in [-0.25, -0.2) is 14.8 Å². The Hall–Kier alpha value is -3.33. The molecule has 0 atom stereocenters. The highest BCUT2D eigenvalue weighted by Gasteiger charge is 2.30. The average molecular weight is 526 g/mol. The van der Waals surface area contributed by atoms with Gasteiger partial charge >= 0.3 is 5.97 Å². The molecule has 0 spiro atoms. The van der Waals surface area contributed by atoms with E-state index in [2.05, 4.69) is 20.6 Å². The van der Waals surface area contributed by atoms with Crippen LogP contribution in [0.1, 0.15) is 50.5 Å². The second-order valence-corrected chi connectivity index (χ2v) is 10.1. The maximum Gasteiger partial charge on any atom is 0.333 e. The number of methoxy groups -OCH3 is 1. The molecule has 0 bridgehead atoms. The number of piperidine rings is 1. The van der Waals surface area contributed by atoms with Crippen molar-refractivity contribution in [3.05, 3.63) is 40.7 Å². The highest BCUT2D eigenvalue weighted by molar-refractivity contribution is 6.32. The number of benzene rings is 1. The molecule has 1 amide bonds. The summed E-state index contributed by atoms with van der Waals surface area (Å²) < 4.78 is 11.1. The van der Waals surface area contributed by atoms with Crippen molar-refractivity contribution < 1.29 is 19.1 Å². The van der Waals surface area contributed by atoms with Crippen molar-refractivity contribution in [2.45, 2.75) is 51.0 Å². The molecule has 2 aliphatic heterocycles. The van der Waals surface area contributed by atoms with Crippen LogP contribution in [0.4, 0.5) is 17.3 Å². The molecule has 1 saturated carbocycles. The molecule has 2 aromatic rings. The largest absolute Gasteiger partial charge is 0.489 e. The molecule has 3 aliphatic rings. The van der Waals surface area contributed by atoms with Gasteiger partial charge in [0.25, 0.3) is 0 Å². The summed E-state index contributed by atoms with van der Waals surface area (Å²) in [7, 11) is 1.37. The Morgan fingerprint density at radius 2 is 1.92 bits per heavy atom. The average Bonchev–Trinajstić information content (AvgIpc) is 3.36. The lowest BCUT2D eigenvalue weighted by molar-refractivity contribution is -0.137. The summed E-state index contributed by atoms with van der Waals surface area (Å²) in [6, 6.07) is 5.51. The number of amides is 1. The molecule has 3 heterocycles. The molecule has 1 aromatic carbocycles. The van der Waals surface area contributed by atoms with E-state index in [9.17, 15) is 9.59 Å². The molecular formula is C27H32ClN5O4. The molecule has 196 valence electrons. The topological polar surface area (TPSA) is 106 Å². The van der Waals surface area contributed by atoms with Crippen molar-refractivity contribution in [3.63, 3.8) is 0 Å². The fourth-order valence-electron chi connectivity index (χ4n) is 5.24. The number of aromatic nitrogens is 2. The minimum atomic E-state index is -0.372. The third kappa shape index (κ3) is 5.82. The number of hydrogen-bond donors (Lipinski definition) is 2. The van der Waals surface area contributed by atoms with Crippen LogP contribution >= 0.6 is 11.6 Å². The summed E-state index contributed by atoms with van der Waals surface area (Å²) in [6.45, 7) is 2.02. The van der Waals surface area contributed by atoms with Gasteiger partial charge in [-0.3, -0.25) is 4.79 Å². The fraction of sp³-hybridized carbons (Fsp3) is 0.481. The number of likely N-dealkylation sites (tertiary alicyclic amines) is 1. The van der Waals surface area contributed by atoms with Gasteiger partial charge in [0.05, 0.1) is 17.7 Å². The number of esters is 1. The molecule has 2 fully saturated rings. The van der Waals surface area contributed by atoms with Gasteiger partial charge < -0.3 is 25.0 Å². The first-order valence-electron chi connectivity index (χ1n) is 12.9. The van der Waals surface area contributed by atoms with Crippen LogP contribution in [-0.2, 0) is 14.3 Å². The van der Waals surface area contributed by atoms with Crippen LogP contribution in [0.5, 0.6) is 5.75 Å². The number of rotatable bonds is 6. The van der Waals surface area contributed by atoms with E-state index in [0.29, 0.717) is 52.4 Å². The van der Waals surface area contributed by atoms with Gasteiger partial charge in [0.1, 0.15) is 29.8 Å². The molecule has 0 unspecified atom stereocenters. The van der Waals surface area contributed by atoms with Gasteiger partial charge in [-0.15, -0.1) is 0 Å². The van der Waals surface area contributed by atoms with Crippen LogP contribution < -0.4 is 15.4 Å². The normalized spacial score (nSPS) is 18.3. The van der Waals surface area contributed by atoms with Crippen molar-refractivity contribution in [3.8, 4) is 5.75 Å². The zero-order valence-corrected chi connectivity index (χ0v) is 21.7. The van der Waals surface area contributed by atoms with Crippen LogP contribution in [0, 0.1) is 5.92 Å². The van der Waals surface area contributed by atoms with E-state index in [1.165, 1.54) is 26.3 Å². The van der Waals surface area contributed by atoms with Crippen molar-refractivity contribution in [1.29, 1.82) is 0 Å². The second-order valence-electron chi connectivity index (χ2n) is 9.72. The highest BCUT2D eigenvalue weighted by Crippen LogP contribution is 2.34. The third-order valence-electron chi connectivity index (χ3n) is 7.28. The van der Waals surface area contributed by atoms with E-state index in [1.807, 2.05) is 17.0 Å². The Balaban J connectivity index is 1.23. The van der Waals surface area contributed by atoms with Crippen LogP contribution in [0.25, 0.3) is 6.08 Å². The number of fused-ring (bicyclic) bond motifs is 1. The fourth-order valence-corrected chi connectivity index (χ4v) is 5.47. The van der Waals surface area contributed by atoms with Crippen molar-refractivity contribution in [1.82, 2.24) is 14.9 Å². The van der Waals surface area contributed by atoms with Gasteiger partial charge in [0.15, 0.2) is 0 Å². The lowest BCUT2D eigenvalue weighted by Gasteiger charge is -2.33. The Labute approximate surface area is 221 Å². The van der Waals surface area contributed by atoms with Crippen molar-refractivity contribution in [2.75, 3.05) is 37.4 Å². The summed E-state index contributed by atoms with van der Waals surface area (Å²) in [5.41, 5.74) is 1.95. The molecule has 1 aliphatic carbocycles. The Morgan fingerprint density at radius 3 is 2.65 bits per heavy atom. The van der Waals surface area contributed by atoms with Gasteiger partial charge in [-0.2, -0.15) is 0 Å². The Bertz CT molecular complexity index is 1190. The smallest absolute Gasteiger partial charge is 0.333 e. The number of halogens is 1. The molecule has 0 radical (unpaired) electrons. The standard InChI is InChI=1S/C27H32ClN5O4/c1-36-27(35)18-8-11-29-24-21(14-18)25(31-16-30-24)32-19-6-7-23(22(28)15-19)37-20-9-12-33(13-10-20)26(34)17-4-2-3-5-17/h6-7,14-17,20H,2-5,8-13H2,1H3,(H2,29,30,31,32). The first-order valence-corrected chi connectivity index (χ1v) is 13.3. The molecule has 10 heteroatoms. The van der Waals surface area contributed by atoms with E-state index < -0.39 is 0 Å². The minimum Gasteiger partial charge on any atom is -0.489 e. The number of hydrogen-bond acceptors (Lipinski definition) is 8. The van der Waals surface area contributed by atoms with Crippen LogP contribution in [-0.4, -0.2) is 59.6 Å². The lowest BCUT2D eigenvalue weighted by atomic mass is 10.0. The van der Waals surface area contributed by atoms with Gasteiger partial charge in [0, 0.05) is 49.7 Å². The first-order chi connectivity index (χ1) is 18.0. The van der Waals surface area contributed by atoms with Crippen LogP contribution in [0.2, 0.25) is 5.02 Å². The molecule has 5 rings (SSSR count). The van der Waals surface area contributed by atoms with Crippen LogP contribution in [0.3, 0.4) is 0 Å². The molecule has 9 nitrogen and oxygen atoms in total. The minimum absolute atomic E-state index is 0.0227. The summed E-state index contributed by atoms with van der Waals surface area (Å²) in [4.78, 5) is 35.5. The predicted molar refractivity (Wildman–Crippen MR) is 142 cm³/mol. The second kappa shape index (κ2) is 11.4. The van der Waals surface area contributed by atoms with E-state index in [4.69, 9.17) is 21.1 Å². The zero-order chi connectivity index (χ0) is 25.8. The van der Waals surface area contributed by atoms with E-state index >= 15 is 0 Å². The highest BCUT2D eigenvalue weighted by atomic mass is 35.5. The summed E-state index contributed by atoms with van der Waals surface area (Å²) in [5, 5.41) is 7.00. The van der Waals surface area contributed by atoms with E-state index in [1.54, 1.807) is 12.1 Å². The Kier molecular flexibility index (Phi) is 7.79. The summed E-state index contributed by atoms with van der Waals surface area (Å²) >= 11 is 6.59. The number of carbonyl (C=O) groups is 2. The number of anilines is 3. The monoisotopic (exact) mass is 525 g/mol. The quantitative estimate of drug-likeness (QED) is 0.518. The maximum absolute atomic E-state index is 12.7. The van der Waals surface area contributed by atoms with E-state index in [0.717, 1.165) is 44.5 Å². The zero-order valence-electron chi connectivity index (χ0n) is 21.0. The van der Waals surface area contributed by atoms with Gasteiger partial charge in [0.2, 0.25) is 5.91 Å². The van der Waals surface area contributed by atoms with Gasteiger partial charge in [-0.05, 0) is 43.5 Å². The SMILES string of the molecule is COC(=O)C1=Cc2c(ncnc2Nc2ccc(OC3CCN(C(=O)C4CCCC4)CC3)c(Cl)c2)NCC1. The lowest BCUT2D eigenvalue weighted by Crippen LogP contribution is -2.44. The molecule has 2 N–H and O–H groups in total. The number of nitrogens with zero attached hydrogens (tertiary/aromatic N) is 3. The molecular weight excluding hydrogens is 494 g/mol. The summed E-state index contributed by atoms with van der Waals surface area (Å²) in [5.74, 6) is 1.96. The number of carbonyl (C=O) groups excluding carboxylic acids is 2. The number of nitrogens with one attached hydrogen (secondary N) is 2. The van der Waals surface area contributed by atoms with Crippen molar-refractivity contribution >= 4 is 46.9 Å². The third-order valence-corrected chi connectivity index (χ3v) is 7.58. The molecule has 37 heavy (non-hydrogen) atoms. The molecule has 1 aromatic heterocycles. The summed E-state index contributed by atoms with van der Waals surface area (Å²) in [6.07, 6.45) is 9.75. The van der Waals surface area contributed by atoms with Crippen molar-refractivity contribution in [2.24, 2.45) is 5.92 Å². The number of ether oxygens (including phenoxy) is 2. The first kappa shape index (κ1) is 25.3. The van der Waals surface area contributed by atoms with Crippen LogP contribution in [0.15, 0.2) is 30.1 Å². The van der Waals surface area contributed by atoms with E-state index in [-0.39, 0.29) is 18.0 Å². The predicted octanol–water partition coefficient (Wildman–Crippen LogP) is 4.81. The Morgan fingerprint density at radius 1 is 1.14 bits per heavy atom. The van der Waals surface area contributed by atoms with Gasteiger partial charge in [-0.1, -0.05) is 24.4 Å². The maximum atomic E-state index is 12.7. The molecule has 1 saturated heterocycles.